The first kappa shape index (κ1) is 10.0. The van der Waals surface area contributed by atoms with Crippen molar-refractivity contribution in [2.45, 2.75) is 13.3 Å². The fourth-order valence-electron chi connectivity index (χ4n) is 2.19. The molecule has 84 valence electrons. The molecule has 3 aromatic rings. The van der Waals surface area contributed by atoms with Crippen molar-refractivity contribution in [1.82, 2.24) is 9.97 Å². The van der Waals surface area contributed by atoms with Crippen molar-refractivity contribution < 1.29 is 4.79 Å². The Morgan fingerprint density at radius 3 is 2.94 bits per heavy atom. The van der Waals surface area contributed by atoms with Crippen LogP contribution in [-0.4, -0.2) is 15.8 Å². The summed E-state index contributed by atoms with van der Waals surface area (Å²) in [6.45, 7) is 1.61. The molecule has 1 aromatic carbocycles. The van der Waals surface area contributed by atoms with Gasteiger partial charge in [0, 0.05) is 40.6 Å². The highest BCUT2D eigenvalue weighted by atomic mass is 16.1. The highest BCUT2D eigenvalue weighted by molar-refractivity contribution is 6.06. The zero-order valence-corrected chi connectivity index (χ0v) is 9.53. The molecule has 0 aliphatic carbocycles. The van der Waals surface area contributed by atoms with Crippen molar-refractivity contribution in [2.75, 3.05) is 0 Å². The van der Waals surface area contributed by atoms with E-state index in [0.717, 1.165) is 27.4 Å². The third kappa shape index (κ3) is 1.69. The van der Waals surface area contributed by atoms with Gasteiger partial charge in [-0.1, -0.05) is 12.1 Å². The van der Waals surface area contributed by atoms with Crippen LogP contribution in [0.15, 0.2) is 36.7 Å². The van der Waals surface area contributed by atoms with E-state index in [9.17, 15) is 4.79 Å². The fourth-order valence-corrected chi connectivity index (χ4v) is 2.19. The van der Waals surface area contributed by atoms with Crippen LogP contribution in [0.2, 0.25) is 0 Å². The van der Waals surface area contributed by atoms with Crippen LogP contribution in [0, 0.1) is 0 Å². The number of hydrogen-bond donors (Lipinski definition) is 1. The van der Waals surface area contributed by atoms with Crippen molar-refractivity contribution in [2.24, 2.45) is 0 Å². The predicted octanol–water partition coefficient (Wildman–Crippen LogP) is 2.85. The Morgan fingerprint density at radius 2 is 2.12 bits per heavy atom. The topological polar surface area (TPSA) is 45.8 Å². The first-order valence-corrected chi connectivity index (χ1v) is 5.58. The van der Waals surface area contributed by atoms with E-state index in [1.54, 1.807) is 13.1 Å². The molecule has 2 aromatic heterocycles. The molecule has 3 nitrogen and oxygen atoms in total. The summed E-state index contributed by atoms with van der Waals surface area (Å²) in [7, 11) is 0. The molecule has 0 atom stereocenters. The van der Waals surface area contributed by atoms with E-state index in [-0.39, 0.29) is 5.78 Å². The van der Waals surface area contributed by atoms with E-state index in [1.807, 2.05) is 30.5 Å². The molecule has 0 saturated carbocycles. The summed E-state index contributed by atoms with van der Waals surface area (Å²) in [5.74, 6) is 0.183. The standard InChI is InChI=1S/C14H12N2O/c1-9(17)6-10-2-3-11-12-8-15-5-4-13(12)16-14(11)7-10/h2-5,7-8,16H,6H2,1H3. The Morgan fingerprint density at radius 1 is 1.24 bits per heavy atom. The van der Waals surface area contributed by atoms with Crippen LogP contribution in [0.1, 0.15) is 12.5 Å². The summed E-state index contributed by atoms with van der Waals surface area (Å²) in [6.07, 6.45) is 4.12. The maximum atomic E-state index is 11.1. The molecule has 2 heterocycles. The Labute approximate surface area is 98.5 Å². The Hall–Kier alpha value is -2.16. The van der Waals surface area contributed by atoms with E-state index < -0.39 is 0 Å². The Balaban J connectivity index is 2.23. The van der Waals surface area contributed by atoms with Gasteiger partial charge in [-0.05, 0) is 24.6 Å². The maximum Gasteiger partial charge on any atom is 0.134 e. The summed E-state index contributed by atoms with van der Waals surface area (Å²) in [4.78, 5) is 18.6. The molecule has 0 amide bonds. The van der Waals surface area contributed by atoms with Crippen LogP contribution in [0.5, 0.6) is 0 Å². The quantitative estimate of drug-likeness (QED) is 0.727. The molecule has 17 heavy (non-hydrogen) atoms. The highest BCUT2D eigenvalue weighted by Gasteiger charge is 2.05. The summed E-state index contributed by atoms with van der Waals surface area (Å²) < 4.78 is 0. The van der Waals surface area contributed by atoms with E-state index in [0.29, 0.717) is 6.42 Å². The number of rotatable bonds is 2. The van der Waals surface area contributed by atoms with Crippen LogP contribution < -0.4 is 0 Å². The molecule has 0 fully saturated rings. The SMILES string of the molecule is CC(=O)Cc1ccc2c(c1)[nH]c1ccncc12. The molecule has 0 spiro atoms. The van der Waals surface area contributed by atoms with Crippen molar-refractivity contribution >= 4 is 27.6 Å². The van der Waals surface area contributed by atoms with Crippen molar-refractivity contribution in [3.8, 4) is 0 Å². The molecule has 0 aliphatic rings. The molecule has 0 unspecified atom stereocenters. The normalized spacial score (nSPS) is 11.1. The van der Waals surface area contributed by atoms with Crippen molar-refractivity contribution in [3.05, 3.63) is 42.2 Å². The molecule has 0 aliphatic heterocycles. The van der Waals surface area contributed by atoms with Gasteiger partial charge in [0.1, 0.15) is 5.78 Å². The van der Waals surface area contributed by atoms with E-state index in [4.69, 9.17) is 0 Å². The van der Waals surface area contributed by atoms with Gasteiger partial charge in [-0.3, -0.25) is 9.78 Å². The van der Waals surface area contributed by atoms with Gasteiger partial charge >= 0.3 is 0 Å². The van der Waals surface area contributed by atoms with E-state index >= 15 is 0 Å². The molecule has 1 N–H and O–H groups in total. The number of aromatic nitrogens is 2. The summed E-state index contributed by atoms with van der Waals surface area (Å²) in [6, 6.07) is 8.05. The second-order valence-corrected chi connectivity index (χ2v) is 4.30. The molecule has 3 rings (SSSR count). The lowest BCUT2D eigenvalue weighted by Crippen LogP contribution is -1.95. The number of ketones is 1. The molecule has 0 radical (unpaired) electrons. The van der Waals surface area contributed by atoms with Gasteiger partial charge in [-0.25, -0.2) is 0 Å². The number of fused-ring (bicyclic) bond motifs is 3. The summed E-state index contributed by atoms with van der Waals surface area (Å²) >= 11 is 0. The number of nitrogens with one attached hydrogen (secondary N) is 1. The number of carbonyl (C=O) groups excluding carboxylic acids is 1. The third-order valence-corrected chi connectivity index (χ3v) is 2.92. The minimum atomic E-state index is 0.183. The minimum absolute atomic E-state index is 0.183. The van der Waals surface area contributed by atoms with Gasteiger partial charge in [0.05, 0.1) is 0 Å². The number of benzene rings is 1. The minimum Gasteiger partial charge on any atom is -0.354 e. The molecular weight excluding hydrogens is 212 g/mol. The zero-order valence-electron chi connectivity index (χ0n) is 9.53. The van der Waals surface area contributed by atoms with Crippen LogP contribution in [0.25, 0.3) is 21.8 Å². The largest absolute Gasteiger partial charge is 0.354 e. The third-order valence-electron chi connectivity index (χ3n) is 2.92. The van der Waals surface area contributed by atoms with Gasteiger partial charge in [0.15, 0.2) is 0 Å². The van der Waals surface area contributed by atoms with Gasteiger partial charge in [-0.2, -0.15) is 0 Å². The van der Waals surface area contributed by atoms with E-state index in [2.05, 4.69) is 9.97 Å². The molecule has 0 saturated heterocycles. The number of aromatic amines is 1. The number of Topliss-reactive ketones (excluding diaryl/α,β-unsaturated/α-hetero) is 1. The molecular formula is C14H12N2O. The van der Waals surface area contributed by atoms with Gasteiger partial charge in [0.2, 0.25) is 0 Å². The lowest BCUT2D eigenvalue weighted by atomic mass is 10.1. The lowest BCUT2D eigenvalue weighted by molar-refractivity contribution is -0.116. The van der Waals surface area contributed by atoms with Crippen LogP contribution in [-0.2, 0) is 11.2 Å². The number of carbonyl (C=O) groups is 1. The number of pyridine rings is 1. The van der Waals surface area contributed by atoms with Crippen molar-refractivity contribution in [3.63, 3.8) is 0 Å². The molecule has 3 heteroatoms. The summed E-state index contributed by atoms with van der Waals surface area (Å²) in [5.41, 5.74) is 3.19. The average Bonchev–Trinajstić information content (AvgIpc) is 2.65. The van der Waals surface area contributed by atoms with Gasteiger partial charge in [-0.15, -0.1) is 0 Å². The predicted molar refractivity (Wildman–Crippen MR) is 68.0 cm³/mol. The molecule has 0 bridgehead atoms. The van der Waals surface area contributed by atoms with Crippen LogP contribution in [0.4, 0.5) is 0 Å². The zero-order chi connectivity index (χ0) is 11.8. The number of nitrogens with zero attached hydrogens (tertiary/aromatic N) is 1. The van der Waals surface area contributed by atoms with E-state index in [1.165, 1.54) is 0 Å². The maximum absolute atomic E-state index is 11.1. The second-order valence-electron chi connectivity index (χ2n) is 4.30. The Kier molecular flexibility index (Phi) is 2.18. The highest BCUT2D eigenvalue weighted by Crippen LogP contribution is 2.25. The van der Waals surface area contributed by atoms with Gasteiger partial charge < -0.3 is 4.98 Å². The summed E-state index contributed by atoms with van der Waals surface area (Å²) in [5, 5.41) is 2.28. The lowest BCUT2D eigenvalue weighted by Gasteiger charge is -1.97. The Bertz CT molecular complexity index is 712. The average molecular weight is 224 g/mol. The second kappa shape index (κ2) is 3.70. The van der Waals surface area contributed by atoms with Crippen LogP contribution >= 0.6 is 0 Å². The fraction of sp³-hybridized carbons (Fsp3) is 0.143. The smallest absolute Gasteiger partial charge is 0.134 e. The first-order chi connectivity index (χ1) is 8.24. The van der Waals surface area contributed by atoms with Crippen molar-refractivity contribution in [1.29, 1.82) is 0 Å². The monoisotopic (exact) mass is 224 g/mol. The number of H-pyrrole nitrogens is 1. The van der Waals surface area contributed by atoms with Gasteiger partial charge in [0.25, 0.3) is 0 Å². The first-order valence-electron chi connectivity index (χ1n) is 5.58. The van der Waals surface area contributed by atoms with Crippen LogP contribution in [0.3, 0.4) is 0 Å². The number of hydrogen-bond acceptors (Lipinski definition) is 2.